The standard InChI is InChI=1S/C20H21FN2O/c21-16-6-3-5-15(12-16)19-13-22-10-11-23(19)20(24)18-9-8-14-4-1-2-7-17(14)18/h1-7,12,18-19,22H,8-11,13H2. The molecule has 1 N–H and O–H groups in total. The molecule has 24 heavy (non-hydrogen) atoms. The Bertz CT molecular complexity index is 761. The Kier molecular flexibility index (Phi) is 4.07. The van der Waals surface area contributed by atoms with E-state index in [4.69, 9.17) is 0 Å². The van der Waals surface area contributed by atoms with Gasteiger partial charge in [0, 0.05) is 19.6 Å². The van der Waals surface area contributed by atoms with Crippen molar-refractivity contribution in [2.45, 2.75) is 24.8 Å². The van der Waals surface area contributed by atoms with E-state index in [2.05, 4.69) is 17.4 Å². The summed E-state index contributed by atoms with van der Waals surface area (Å²) in [6.45, 7) is 2.12. The number of halogens is 1. The van der Waals surface area contributed by atoms with Gasteiger partial charge in [0.2, 0.25) is 5.91 Å². The van der Waals surface area contributed by atoms with Crippen LogP contribution in [0.15, 0.2) is 48.5 Å². The molecule has 2 aromatic carbocycles. The highest BCUT2D eigenvalue weighted by atomic mass is 19.1. The van der Waals surface area contributed by atoms with Gasteiger partial charge in [0.25, 0.3) is 0 Å². The van der Waals surface area contributed by atoms with E-state index in [0.29, 0.717) is 13.1 Å². The van der Waals surface area contributed by atoms with Gasteiger partial charge in [-0.1, -0.05) is 36.4 Å². The second-order valence-electron chi connectivity index (χ2n) is 6.60. The first-order chi connectivity index (χ1) is 11.7. The normalized spacial score (nSPS) is 23.1. The average molecular weight is 324 g/mol. The minimum atomic E-state index is -0.253. The number of nitrogens with zero attached hydrogens (tertiary/aromatic N) is 1. The molecule has 4 heteroatoms. The second-order valence-corrected chi connectivity index (χ2v) is 6.60. The Morgan fingerprint density at radius 1 is 1.17 bits per heavy atom. The van der Waals surface area contributed by atoms with E-state index < -0.39 is 0 Å². The molecule has 1 aliphatic carbocycles. The molecule has 0 aromatic heterocycles. The number of benzene rings is 2. The number of hydrogen-bond donors (Lipinski definition) is 1. The highest BCUT2D eigenvalue weighted by Crippen LogP contribution is 2.36. The molecule has 0 spiro atoms. The molecule has 2 aliphatic rings. The fraction of sp³-hybridized carbons (Fsp3) is 0.350. The summed E-state index contributed by atoms with van der Waals surface area (Å²) in [6, 6.07) is 14.7. The van der Waals surface area contributed by atoms with Gasteiger partial charge in [0.1, 0.15) is 5.82 Å². The van der Waals surface area contributed by atoms with Crippen LogP contribution in [0.3, 0.4) is 0 Å². The second kappa shape index (κ2) is 6.36. The minimum Gasteiger partial charge on any atom is -0.333 e. The van der Waals surface area contributed by atoms with E-state index in [1.54, 1.807) is 12.1 Å². The number of piperazine rings is 1. The number of carbonyl (C=O) groups excluding carboxylic acids is 1. The number of fused-ring (bicyclic) bond motifs is 1. The predicted octanol–water partition coefficient (Wildman–Crippen LogP) is 3.03. The van der Waals surface area contributed by atoms with Crippen molar-refractivity contribution in [1.29, 1.82) is 0 Å². The third-order valence-corrected chi connectivity index (χ3v) is 5.19. The van der Waals surface area contributed by atoms with Crippen LogP contribution in [0.2, 0.25) is 0 Å². The molecule has 2 unspecified atom stereocenters. The lowest BCUT2D eigenvalue weighted by Gasteiger charge is -2.38. The minimum absolute atomic E-state index is 0.0599. The van der Waals surface area contributed by atoms with Crippen molar-refractivity contribution in [3.05, 3.63) is 71.0 Å². The number of hydrogen-bond acceptors (Lipinski definition) is 2. The predicted molar refractivity (Wildman–Crippen MR) is 91.2 cm³/mol. The molecule has 2 atom stereocenters. The molecule has 1 saturated heterocycles. The zero-order chi connectivity index (χ0) is 16.5. The summed E-state index contributed by atoms with van der Waals surface area (Å²) in [6.07, 6.45) is 1.83. The van der Waals surface area contributed by atoms with Crippen molar-refractivity contribution < 1.29 is 9.18 Å². The van der Waals surface area contributed by atoms with Crippen LogP contribution < -0.4 is 5.32 Å². The summed E-state index contributed by atoms with van der Waals surface area (Å²) in [7, 11) is 0. The van der Waals surface area contributed by atoms with E-state index in [-0.39, 0.29) is 23.7 Å². The molecule has 1 heterocycles. The maximum absolute atomic E-state index is 13.6. The molecule has 1 fully saturated rings. The summed E-state index contributed by atoms with van der Waals surface area (Å²) < 4.78 is 13.6. The molecule has 1 amide bonds. The van der Waals surface area contributed by atoms with Gasteiger partial charge >= 0.3 is 0 Å². The Morgan fingerprint density at radius 2 is 2.04 bits per heavy atom. The van der Waals surface area contributed by atoms with Gasteiger partial charge in [-0.15, -0.1) is 0 Å². The zero-order valence-corrected chi connectivity index (χ0v) is 13.5. The van der Waals surface area contributed by atoms with Crippen LogP contribution in [0, 0.1) is 5.82 Å². The summed E-state index contributed by atoms with van der Waals surface area (Å²) >= 11 is 0. The van der Waals surface area contributed by atoms with Crippen LogP contribution in [0.5, 0.6) is 0 Å². The first kappa shape index (κ1) is 15.3. The highest BCUT2D eigenvalue weighted by Gasteiger charge is 2.36. The zero-order valence-electron chi connectivity index (χ0n) is 13.5. The van der Waals surface area contributed by atoms with E-state index in [9.17, 15) is 9.18 Å². The number of amides is 1. The highest BCUT2D eigenvalue weighted by molar-refractivity contribution is 5.85. The molecule has 4 rings (SSSR count). The van der Waals surface area contributed by atoms with Gasteiger partial charge < -0.3 is 10.2 Å². The lowest BCUT2D eigenvalue weighted by molar-refractivity contribution is -0.136. The van der Waals surface area contributed by atoms with Crippen molar-refractivity contribution in [3.8, 4) is 0 Å². The first-order valence-electron chi connectivity index (χ1n) is 8.58. The molecular weight excluding hydrogens is 303 g/mol. The van der Waals surface area contributed by atoms with Crippen LogP contribution in [-0.2, 0) is 11.2 Å². The largest absolute Gasteiger partial charge is 0.333 e. The van der Waals surface area contributed by atoms with Crippen LogP contribution in [0.4, 0.5) is 4.39 Å². The summed E-state index contributed by atoms with van der Waals surface area (Å²) in [5.41, 5.74) is 3.31. The third-order valence-electron chi connectivity index (χ3n) is 5.19. The van der Waals surface area contributed by atoms with Crippen LogP contribution in [0.25, 0.3) is 0 Å². The van der Waals surface area contributed by atoms with Crippen molar-refractivity contribution in [2.24, 2.45) is 0 Å². The topological polar surface area (TPSA) is 32.3 Å². The first-order valence-corrected chi connectivity index (χ1v) is 8.58. The molecule has 0 radical (unpaired) electrons. The van der Waals surface area contributed by atoms with Gasteiger partial charge in [0.05, 0.1) is 12.0 Å². The van der Waals surface area contributed by atoms with Gasteiger partial charge in [-0.05, 0) is 41.7 Å². The monoisotopic (exact) mass is 324 g/mol. The van der Waals surface area contributed by atoms with Crippen LogP contribution in [-0.4, -0.2) is 30.4 Å². The van der Waals surface area contributed by atoms with Gasteiger partial charge in [-0.3, -0.25) is 4.79 Å². The summed E-state index contributed by atoms with van der Waals surface area (Å²) in [4.78, 5) is 15.2. The maximum atomic E-state index is 13.6. The van der Waals surface area contributed by atoms with E-state index >= 15 is 0 Å². The number of rotatable bonds is 2. The smallest absolute Gasteiger partial charge is 0.230 e. The van der Waals surface area contributed by atoms with Crippen molar-refractivity contribution >= 4 is 5.91 Å². The molecule has 2 aromatic rings. The number of nitrogens with one attached hydrogen (secondary N) is 1. The molecule has 3 nitrogen and oxygen atoms in total. The molecular formula is C20H21FN2O. The van der Waals surface area contributed by atoms with Crippen molar-refractivity contribution in [1.82, 2.24) is 10.2 Å². The quantitative estimate of drug-likeness (QED) is 0.921. The Balaban J connectivity index is 1.63. The summed E-state index contributed by atoms with van der Waals surface area (Å²) in [5, 5.41) is 3.33. The Labute approximate surface area is 141 Å². The fourth-order valence-corrected chi connectivity index (χ4v) is 3.99. The lowest BCUT2D eigenvalue weighted by atomic mass is 9.96. The maximum Gasteiger partial charge on any atom is 0.230 e. The van der Waals surface area contributed by atoms with Gasteiger partial charge in [-0.2, -0.15) is 0 Å². The van der Waals surface area contributed by atoms with Crippen LogP contribution >= 0.6 is 0 Å². The SMILES string of the molecule is O=C(C1CCc2ccccc21)N1CCNCC1c1cccc(F)c1. The van der Waals surface area contributed by atoms with Gasteiger partial charge in [0.15, 0.2) is 0 Å². The lowest BCUT2D eigenvalue weighted by Crippen LogP contribution is -2.50. The molecule has 1 aliphatic heterocycles. The van der Waals surface area contributed by atoms with E-state index in [1.807, 2.05) is 23.1 Å². The Hall–Kier alpha value is -2.20. The van der Waals surface area contributed by atoms with Crippen LogP contribution in [0.1, 0.15) is 35.1 Å². The molecule has 0 bridgehead atoms. The van der Waals surface area contributed by atoms with Crippen molar-refractivity contribution in [2.75, 3.05) is 19.6 Å². The summed E-state index contributed by atoms with van der Waals surface area (Å²) in [5.74, 6) is -0.136. The number of aryl methyl sites for hydroxylation is 1. The van der Waals surface area contributed by atoms with E-state index in [1.165, 1.54) is 17.2 Å². The van der Waals surface area contributed by atoms with Gasteiger partial charge in [-0.25, -0.2) is 4.39 Å². The fourth-order valence-electron chi connectivity index (χ4n) is 3.99. The number of carbonyl (C=O) groups is 1. The van der Waals surface area contributed by atoms with Crippen molar-refractivity contribution in [3.63, 3.8) is 0 Å². The average Bonchev–Trinajstić information content (AvgIpc) is 3.05. The Morgan fingerprint density at radius 3 is 2.92 bits per heavy atom. The molecule has 0 saturated carbocycles. The molecule has 124 valence electrons. The third kappa shape index (κ3) is 2.71. The van der Waals surface area contributed by atoms with E-state index in [0.717, 1.165) is 24.9 Å².